The molecule has 0 saturated carbocycles. The number of hydrogen-bond donors (Lipinski definition) is 1. The number of pyridine rings is 1. The molecule has 0 atom stereocenters. The van der Waals surface area contributed by atoms with Gasteiger partial charge in [-0.15, -0.1) is 0 Å². The van der Waals surface area contributed by atoms with E-state index in [1.165, 1.54) is 11.0 Å². The van der Waals surface area contributed by atoms with Crippen LogP contribution in [-0.4, -0.2) is 35.7 Å². The van der Waals surface area contributed by atoms with E-state index in [9.17, 15) is 14.9 Å². The number of aromatic carboxylic acids is 1. The van der Waals surface area contributed by atoms with Gasteiger partial charge in [0.2, 0.25) is 0 Å². The Morgan fingerprint density at radius 1 is 1.53 bits per heavy atom. The quantitative estimate of drug-likeness (QED) is 0.649. The van der Waals surface area contributed by atoms with Crippen LogP contribution in [0.1, 0.15) is 10.4 Å². The third kappa shape index (κ3) is 2.68. The maximum Gasteiger partial charge on any atom is 0.338 e. The monoisotopic (exact) mass is 281 g/mol. The van der Waals surface area contributed by atoms with E-state index in [2.05, 4.69) is 15.1 Å². The minimum atomic E-state index is -1.29. The number of aromatic nitrogens is 4. The highest BCUT2D eigenvalue weighted by Gasteiger charge is 2.19. The van der Waals surface area contributed by atoms with Crippen LogP contribution in [0.3, 0.4) is 0 Å². The fourth-order valence-corrected chi connectivity index (χ4v) is 2.05. The molecule has 98 valence electrons. The normalized spacial score (nSPS) is 10.4. The fourth-order valence-electron chi connectivity index (χ4n) is 1.24. The van der Waals surface area contributed by atoms with Crippen molar-refractivity contribution in [1.82, 2.24) is 19.7 Å². The third-order valence-electron chi connectivity index (χ3n) is 2.14. The molecule has 2 rings (SSSR count). The van der Waals surface area contributed by atoms with Gasteiger partial charge in [-0.25, -0.2) is 19.4 Å². The standard InChI is InChI=1S/C9H7N5O4S/c1-13-9(11-4-12-13)19-7-6(8(15)16)2-5(3-10-7)14(17)18/h2-4H,1H3,(H,15,16). The Balaban J connectivity index is 2.43. The van der Waals surface area contributed by atoms with E-state index < -0.39 is 10.9 Å². The van der Waals surface area contributed by atoms with Gasteiger partial charge in [0.25, 0.3) is 5.69 Å². The van der Waals surface area contributed by atoms with Gasteiger partial charge in [0.1, 0.15) is 17.6 Å². The molecule has 0 spiro atoms. The summed E-state index contributed by atoms with van der Waals surface area (Å²) in [5, 5.41) is 24.0. The summed E-state index contributed by atoms with van der Waals surface area (Å²) in [7, 11) is 1.64. The molecule has 0 saturated heterocycles. The van der Waals surface area contributed by atoms with Gasteiger partial charge in [0, 0.05) is 13.1 Å². The van der Waals surface area contributed by atoms with Gasteiger partial charge in [0.05, 0.1) is 10.5 Å². The molecular formula is C9H7N5O4S. The highest BCUT2D eigenvalue weighted by atomic mass is 32.2. The van der Waals surface area contributed by atoms with Gasteiger partial charge in [-0.2, -0.15) is 5.10 Å². The lowest BCUT2D eigenvalue weighted by molar-refractivity contribution is -0.385. The van der Waals surface area contributed by atoms with Gasteiger partial charge in [-0.3, -0.25) is 10.1 Å². The second-order valence-electron chi connectivity index (χ2n) is 3.38. The van der Waals surface area contributed by atoms with E-state index in [0.717, 1.165) is 24.0 Å². The lowest BCUT2D eigenvalue weighted by Crippen LogP contribution is -2.03. The van der Waals surface area contributed by atoms with Crippen LogP contribution in [0.4, 0.5) is 5.69 Å². The van der Waals surface area contributed by atoms with Gasteiger partial charge in [0.15, 0.2) is 5.16 Å². The van der Waals surface area contributed by atoms with Crippen molar-refractivity contribution >= 4 is 23.4 Å². The van der Waals surface area contributed by atoms with E-state index >= 15 is 0 Å². The maximum absolute atomic E-state index is 11.1. The van der Waals surface area contributed by atoms with Crippen LogP contribution in [0.15, 0.2) is 28.8 Å². The molecule has 2 heterocycles. The zero-order valence-electron chi connectivity index (χ0n) is 9.55. The molecule has 19 heavy (non-hydrogen) atoms. The van der Waals surface area contributed by atoms with Crippen molar-refractivity contribution in [2.24, 2.45) is 7.05 Å². The summed E-state index contributed by atoms with van der Waals surface area (Å²) in [5.74, 6) is -1.29. The van der Waals surface area contributed by atoms with Crippen molar-refractivity contribution in [2.75, 3.05) is 0 Å². The molecule has 2 aromatic rings. The topological polar surface area (TPSA) is 124 Å². The fraction of sp³-hybridized carbons (Fsp3) is 0.111. The lowest BCUT2D eigenvalue weighted by Gasteiger charge is -2.03. The van der Waals surface area contributed by atoms with Crippen LogP contribution in [0, 0.1) is 10.1 Å². The summed E-state index contributed by atoms with van der Waals surface area (Å²) < 4.78 is 1.44. The van der Waals surface area contributed by atoms with Gasteiger partial charge in [-0.05, 0) is 11.8 Å². The minimum Gasteiger partial charge on any atom is -0.478 e. The molecule has 1 N–H and O–H groups in total. The maximum atomic E-state index is 11.1. The highest BCUT2D eigenvalue weighted by molar-refractivity contribution is 7.99. The van der Waals surface area contributed by atoms with Crippen LogP contribution in [0.5, 0.6) is 0 Å². The van der Waals surface area contributed by atoms with E-state index in [0.29, 0.717) is 5.16 Å². The van der Waals surface area contributed by atoms with E-state index in [-0.39, 0.29) is 16.3 Å². The second-order valence-corrected chi connectivity index (χ2v) is 4.33. The molecule has 0 aliphatic heterocycles. The Bertz CT molecular complexity index is 656. The van der Waals surface area contributed by atoms with Gasteiger partial charge >= 0.3 is 5.97 Å². The average Bonchev–Trinajstić information content (AvgIpc) is 2.75. The van der Waals surface area contributed by atoms with Crippen molar-refractivity contribution in [3.63, 3.8) is 0 Å². The Hall–Kier alpha value is -2.49. The summed E-state index contributed by atoms with van der Waals surface area (Å²) in [4.78, 5) is 28.7. The molecule has 0 fully saturated rings. The summed E-state index contributed by atoms with van der Waals surface area (Å²) in [6.45, 7) is 0. The molecule has 0 aromatic carbocycles. The number of aryl methyl sites for hydroxylation is 1. The van der Waals surface area contributed by atoms with Crippen molar-refractivity contribution in [3.05, 3.63) is 34.3 Å². The first-order chi connectivity index (χ1) is 8.99. The number of hydrogen-bond acceptors (Lipinski definition) is 7. The van der Waals surface area contributed by atoms with Gasteiger partial charge in [-0.1, -0.05) is 0 Å². The molecule has 9 nitrogen and oxygen atoms in total. The predicted molar refractivity (Wildman–Crippen MR) is 63.0 cm³/mol. The molecule has 0 amide bonds. The van der Waals surface area contributed by atoms with Crippen LogP contribution in [-0.2, 0) is 7.05 Å². The number of nitrogens with zero attached hydrogens (tertiary/aromatic N) is 5. The van der Waals surface area contributed by atoms with Crippen molar-refractivity contribution < 1.29 is 14.8 Å². The number of carboxylic acid groups (broad SMARTS) is 1. The van der Waals surface area contributed by atoms with Crippen molar-refractivity contribution in [3.8, 4) is 0 Å². The molecule has 0 aliphatic rings. The summed E-state index contributed by atoms with van der Waals surface area (Å²) in [5.41, 5.74) is -0.623. The number of nitro groups is 1. The Morgan fingerprint density at radius 2 is 2.26 bits per heavy atom. The lowest BCUT2D eigenvalue weighted by atomic mass is 10.3. The summed E-state index contributed by atoms with van der Waals surface area (Å²) >= 11 is 0.971. The minimum absolute atomic E-state index is 0.120. The molecule has 2 aromatic heterocycles. The van der Waals surface area contributed by atoms with Crippen molar-refractivity contribution in [2.45, 2.75) is 10.2 Å². The zero-order chi connectivity index (χ0) is 14.0. The molecule has 0 radical (unpaired) electrons. The smallest absolute Gasteiger partial charge is 0.338 e. The SMILES string of the molecule is Cn1ncnc1Sc1ncc([N+](=O)[O-])cc1C(=O)O. The molecule has 0 bridgehead atoms. The highest BCUT2D eigenvalue weighted by Crippen LogP contribution is 2.28. The van der Waals surface area contributed by atoms with Gasteiger partial charge < -0.3 is 5.11 Å². The largest absolute Gasteiger partial charge is 0.478 e. The first kappa shape index (κ1) is 13.0. The number of rotatable bonds is 4. The third-order valence-corrected chi connectivity index (χ3v) is 3.21. The second kappa shape index (κ2) is 5.02. The first-order valence-corrected chi connectivity index (χ1v) is 5.70. The molecule has 0 unspecified atom stereocenters. The van der Waals surface area contributed by atoms with Crippen LogP contribution in [0.25, 0.3) is 0 Å². The van der Waals surface area contributed by atoms with Crippen molar-refractivity contribution in [1.29, 1.82) is 0 Å². The van der Waals surface area contributed by atoms with E-state index in [1.54, 1.807) is 7.05 Å². The van der Waals surface area contributed by atoms with Crippen LogP contribution in [0.2, 0.25) is 0 Å². The number of carboxylic acids is 1. The first-order valence-electron chi connectivity index (χ1n) is 4.88. The molecule has 0 aliphatic carbocycles. The molecular weight excluding hydrogens is 274 g/mol. The zero-order valence-corrected chi connectivity index (χ0v) is 10.4. The Morgan fingerprint density at radius 3 is 2.79 bits per heavy atom. The predicted octanol–water partition coefficient (Wildman–Crippen LogP) is 0.968. The van der Waals surface area contributed by atoms with Crippen LogP contribution < -0.4 is 0 Å². The Labute approximate surface area is 110 Å². The van der Waals surface area contributed by atoms with E-state index in [1.807, 2.05) is 0 Å². The van der Waals surface area contributed by atoms with E-state index in [4.69, 9.17) is 5.11 Å². The average molecular weight is 281 g/mol. The van der Waals surface area contributed by atoms with Crippen LogP contribution >= 0.6 is 11.8 Å². The summed E-state index contributed by atoms with van der Waals surface area (Å²) in [6, 6.07) is 0.966. The summed E-state index contributed by atoms with van der Waals surface area (Å²) in [6.07, 6.45) is 2.32. The number of carbonyl (C=O) groups is 1. The Kier molecular flexibility index (Phi) is 3.42. The molecule has 10 heteroatoms.